The summed E-state index contributed by atoms with van der Waals surface area (Å²) in [4.78, 5) is 8.77. The molecule has 5 nitrogen and oxygen atoms in total. The second kappa shape index (κ2) is 11.2. The zero-order chi connectivity index (χ0) is 22.1. The Labute approximate surface area is 180 Å². The summed E-state index contributed by atoms with van der Waals surface area (Å²) in [5, 5.41) is 6.89. The normalized spacial score (nSPS) is 19.4. The highest BCUT2D eigenvalue weighted by Crippen LogP contribution is 2.42. The Balaban J connectivity index is 0.00000101. The van der Waals surface area contributed by atoms with Gasteiger partial charge in [-0.05, 0) is 85.8 Å². The molecule has 0 aromatic heterocycles. The van der Waals surface area contributed by atoms with E-state index in [1.807, 2.05) is 25.1 Å². The zero-order valence-electron chi connectivity index (χ0n) is 18.0. The number of benzene rings is 2. The molecule has 1 unspecified atom stereocenters. The van der Waals surface area contributed by atoms with Gasteiger partial charge in [0.15, 0.2) is 9.84 Å². The van der Waals surface area contributed by atoms with Crippen LogP contribution < -0.4 is 4.74 Å². The van der Waals surface area contributed by atoms with Crippen molar-refractivity contribution < 1.29 is 23.1 Å². The Morgan fingerprint density at radius 1 is 1.17 bits per heavy atom. The van der Waals surface area contributed by atoms with Gasteiger partial charge in [0.1, 0.15) is 5.75 Å². The highest BCUT2D eigenvalue weighted by molar-refractivity contribution is 7.90. The second-order valence-electron chi connectivity index (χ2n) is 7.96. The van der Waals surface area contributed by atoms with E-state index in [0.29, 0.717) is 23.3 Å². The summed E-state index contributed by atoms with van der Waals surface area (Å²) in [5.41, 5.74) is 2.62. The van der Waals surface area contributed by atoms with Gasteiger partial charge in [0.05, 0.1) is 11.5 Å². The average Bonchev–Trinajstić information content (AvgIpc) is 3.17. The van der Waals surface area contributed by atoms with Gasteiger partial charge in [-0.3, -0.25) is 4.79 Å². The SMILES string of the molecule is CCOc1cccc([C@@H](C)CC2CC[C@H](c3ccc(S(C)(=O)=O)cc3)C2)c1.O=CO. The van der Waals surface area contributed by atoms with Gasteiger partial charge < -0.3 is 9.84 Å². The van der Waals surface area contributed by atoms with E-state index >= 15 is 0 Å². The molecule has 30 heavy (non-hydrogen) atoms. The summed E-state index contributed by atoms with van der Waals surface area (Å²) >= 11 is 0. The van der Waals surface area contributed by atoms with Crippen LogP contribution in [0.3, 0.4) is 0 Å². The minimum absolute atomic E-state index is 0.250. The fraction of sp³-hybridized carbons (Fsp3) is 0.458. The van der Waals surface area contributed by atoms with Crippen molar-refractivity contribution in [1.82, 2.24) is 0 Å². The van der Waals surface area contributed by atoms with Gasteiger partial charge >= 0.3 is 0 Å². The van der Waals surface area contributed by atoms with Crippen molar-refractivity contribution in [3.63, 3.8) is 0 Å². The number of ether oxygens (including phenoxy) is 1. The number of hydrogen-bond acceptors (Lipinski definition) is 4. The van der Waals surface area contributed by atoms with Crippen LogP contribution >= 0.6 is 0 Å². The third-order valence-electron chi connectivity index (χ3n) is 5.75. The lowest BCUT2D eigenvalue weighted by Crippen LogP contribution is -2.03. The maximum absolute atomic E-state index is 11.6. The summed E-state index contributed by atoms with van der Waals surface area (Å²) in [5.74, 6) is 2.74. The lowest BCUT2D eigenvalue weighted by Gasteiger charge is -2.18. The molecule has 1 fully saturated rings. The van der Waals surface area contributed by atoms with Crippen molar-refractivity contribution in [2.45, 2.75) is 56.3 Å². The number of hydrogen-bond donors (Lipinski definition) is 1. The molecule has 0 aliphatic heterocycles. The van der Waals surface area contributed by atoms with Crippen molar-refractivity contribution in [2.24, 2.45) is 5.92 Å². The van der Waals surface area contributed by atoms with Crippen LogP contribution in [0.25, 0.3) is 0 Å². The standard InChI is InChI=1S/C23H30O3S.CH2O2/c1-4-26-22-7-5-6-20(16-22)17(2)14-18-8-9-21(15-18)19-10-12-23(13-11-19)27(3,24)25;2-1-3/h5-7,10-13,16-18,21H,4,8-9,14-15H2,1-3H3;1H,(H,2,3)/t17-,18?,21-;/m0./s1. The largest absolute Gasteiger partial charge is 0.494 e. The number of sulfone groups is 1. The van der Waals surface area contributed by atoms with Gasteiger partial charge in [0, 0.05) is 6.26 Å². The Morgan fingerprint density at radius 3 is 2.43 bits per heavy atom. The fourth-order valence-corrected chi connectivity index (χ4v) is 4.92. The van der Waals surface area contributed by atoms with Crippen molar-refractivity contribution in [2.75, 3.05) is 12.9 Å². The molecule has 6 heteroatoms. The van der Waals surface area contributed by atoms with Crippen LogP contribution in [-0.4, -0.2) is 32.9 Å². The van der Waals surface area contributed by atoms with Crippen LogP contribution in [0, 0.1) is 5.92 Å². The van der Waals surface area contributed by atoms with Crippen molar-refractivity contribution >= 4 is 16.3 Å². The molecule has 3 atom stereocenters. The Hall–Kier alpha value is -2.34. The van der Waals surface area contributed by atoms with Gasteiger partial charge in [0.25, 0.3) is 6.47 Å². The molecule has 3 rings (SSSR count). The molecule has 164 valence electrons. The highest BCUT2D eigenvalue weighted by atomic mass is 32.2. The van der Waals surface area contributed by atoms with Gasteiger partial charge in [-0.2, -0.15) is 0 Å². The van der Waals surface area contributed by atoms with Gasteiger partial charge in [-0.25, -0.2) is 8.42 Å². The molecule has 0 amide bonds. The summed E-state index contributed by atoms with van der Waals surface area (Å²) in [6.45, 7) is 4.76. The molecule has 1 aliphatic carbocycles. The van der Waals surface area contributed by atoms with Crippen LogP contribution in [0.15, 0.2) is 53.4 Å². The predicted octanol–water partition coefficient (Wildman–Crippen LogP) is 5.27. The van der Waals surface area contributed by atoms with Gasteiger partial charge in [-0.15, -0.1) is 0 Å². The molecule has 2 aromatic carbocycles. The third kappa shape index (κ3) is 6.87. The Kier molecular flexibility index (Phi) is 8.90. The molecule has 0 spiro atoms. The molecule has 0 heterocycles. The molecule has 1 saturated carbocycles. The number of carbonyl (C=O) groups is 1. The smallest absolute Gasteiger partial charge is 0.290 e. The monoisotopic (exact) mass is 432 g/mol. The van der Waals surface area contributed by atoms with Crippen molar-refractivity contribution in [1.29, 1.82) is 0 Å². The summed E-state index contributed by atoms with van der Waals surface area (Å²) in [7, 11) is -3.12. The summed E-state index contributed by atoms with van der Waals surface area (Å²) in [6, 6.07) is 16.0. The molecule has 0 radical (unpaired) electrons. The first-order valence-corrected chi connectivity index (χ1v) is 12.3. The first-order chi connectivity index (χ1) is 14.3. The molecule has 0 bridgehead atoms. The summed E-state index contributed by atoms with van der Waals surface area (Å²) < 4.78 is 28.9. The first kappa shape index (κ1) is 23.9. The van der Waals surface area contributed by atoms with Crippen LogP contribution in [0.5, 0.6) is 5.75 Å². The highest BCUT2D eigenvalue weighted by Gasteiger charge is 2.27. The van der Waals surface area contributed by atoms with E-state index in [9.17, 15) is 8.42 Å². The van der Waals surface area contributed by atoms with E-state index in [1.165, 1.54) is 43.1 Å². The van der Waals surface area contributed by atoms with Gasteiger partial charge in [0.2, 0.25) is 0 Å². The fourth-order valence-electron chi connectivity index (χ4n) is 4.29. The second-order valence-corrected chi connectivity index (χ2v) is 9.98. The topological polar surface area (TPSA) is 80.7 Å². The maximum atomic E-state index is 11.6. The average molecular weight is 433 g/mol. The lowest BCUT2D eigenvalue weighted by molar-refractivity contribution is -0.122. The van der Waals surface area contributed by atoms with Crippen molar-refractivity contribution in [3.8, 4) is 5.75 Å². The molecule has 2 aromatic rings. The van der Waals surface area contributed by atoms with E-state index in [4.69, 9.17) is 14.6 Å². The minimum atomic E-state index is -3.12. The third-order valence-corrected chi connectivity index (χ3v) is 6.87. The molecule has 1 aliphatic rings. The number of carboxylic acid groups (broad SMARTS) is 1. The van der Waals surface area contributed by atoms with Crippen molar-refractivity contribution in [3.05, 3.63) is 59.7 Å². The quantitative estimate of drug-likeness (QED) is 0.603. The van der Waals surface area contributed by atoms with E-state index in [-0.39, 0.29) is 6.47 Å². The molecule has 1 N–H and O–H groups in total. The van der Waals surface area contributed by atoms with Crippen LogP contribution in [0.2, 0.25) is 0 Å². The molecular formula is C24H32O5S. The number of rotatable bonds is 7. The van der Waals surface area contributed by atoms with E-state index in [0.717, 1.165) is 11.7 Å². The summed E-state index contributed by atoms with van der Waals surface area (Å²) in [6.07, 6.45) is 6.07. The maximum Gasteiger partial charge on any atom is 0.290 e. The Morgan fingerprint density at radius 2 is 1.83 bits per heavy atom. The lowest BCUT2D eigenvalue weighted by atomic mass is 9.88. The van der Waals surface area contributed by atoms with Crippen LogP contribution in [-0.2, 0) is 14.6 Å². The van der Waals surface area contributed by atoms with E-state index in [2.05, 4.69) is 25.1 Å². The van der Waals surface area contributed by atoms with E-state index < -0.39 is 9.84 Å². The van der Waals surface area contributed by atoms with E-state index in [1.54, 1.807) is 12.1 Å². The minimum Gasteiger partial charge on any atom is -0.494 e. The van der Waals surface area contributed by atoms with Crippen LogP contribution in [0.1, 0.15) is 62.5 Å². The predicted molar refractivity (Wildman–Crippen MR) is 119 cm³/mol. The first-order valence-electron chi connectivity index (χ1n) is 10.4. The van der Waals surface area contributed by atoms with Crippen LogP contribution in [0.4, 0.5) is 0 Å². The molecule has 0 saturated heterocycles. The van der Waals surface area contributed by atoms with Gasteiger partial charge in [-0.1, -0.05) is 31.2 Å². The molecular weight excluding hydrogens is 400 g/mol. The zero-order valence-corrected chi connectivity index (χ0v) is 18.8. The Bertz CT molecular complexity index is 905.